The van der Waals surface area contributed by atoms with E-state index in [-0.39, 0.29) is 22.3 Å². The molecule has 1 aromatic heterocycles. The van der Waals surface area contributed by atoms with Gasteiger partial charge in [0.25, 0.3) is 0 Å². The lowest BCUT2D eigenvalue weighted by Gasteiger charge is -2.07. The SMILES string of the molecule is O=C(Cc1c(C(=O)O)[nH]c2ccccc12)Nc1cc(F)c(Br)c(F)c1. The van der Waals surface area contributed by atoms with Gasteiger partial charge in [0.05, 0.1) is 10.9 Å². The summed E-state index contributed by atoms with van der Waals surface area (Å²) in [6.45, 7) is 0. The van der Waals surface area contributed by atoms with Crippen molar-refractivity contribution in [3.8, 4) is 0 Å². The normalized spacial score (nSPS) is 10.8. The van der Waals surface area contributed by atoms with E-state index in [0.717, 1.165) is 12.1 Å². The summed E-state index contributed by atoms with van der Waals surface area (Å²) in [5.41, 5.74) is 0.742. The van der Waals surface area contributed by atoms with Gasteiger partial charge in [-0.1, -0.05) is 18.2 Å². The number of fused-ring (bicyclic) bond motifs is 1. The second kappa shape index (κ2) is 6.64. The topological polar surface area (TPSA) is 82.2 Å². The zero-order valence-electron chi connectivity index (χ0n) is 12.6. The van der Waals surface area contributed by atoms with E-state index in [1.807, 2.05) is 0 Å². The summed E-state index contributed by atoms with van der Waals surface area (Å²) in [7, 11) is 0. The summed E-state index contributed by atoms with van der Waals surface area (Å²) >= 11 is 2.75. The standard InChI is InChI=1S/C17H11BrF2N2O3/c18-15-11(19)5-8(6-12(15)20)21-14(23)7-10-9-3-1-2-4-13(9)22-16(10)17(24)25/h1-6,22H,7H2,(H,21,23)(H,24,25). The van der Waals surface area contributed by atoms with Crippen molar-refractivity contribution in [1.29, 1.82) is 0 Å². The molecule has 0 atom stereocenters. The van der Waals surface area contributed by atoms with Crippen molar-refractivity contribution in [2.75, 3.05) is 5.32 Å². The van der Waals surface area contributed by atoms with Gasteiger partial charge in [-0.3, -0.25) is 4.79 Å². The van der Waals surface area contributed by atoms with Crippen LogP contribution in [0.5, 0.6) is 0 Å². The predicted molar refractivity (Wildman–Crippen MR) is 91.6 cm³/mol. The smallest absolute Gasteiger partial charge is 0.352 e. The van der Waals surface area contributed by atoms with Gasteiger partial charge in [0.1, 0.15) is 17.3 Å². The highest BCUT2D eigenvalue weighted by molar-refractivity contribution is 9.10. The first kappa shape index (κ1) is 17.1. The maximum absolute atomic E-state index is 13.5. The Labute approximate surface area is 148 Å². The van der Waals surface area contributed by atoms with Gasteiger partial charge >= 0.3 is 5.97 Å². The van der Waals surface area contributed by atoms with Crippen LogP contribution in [0.25, 0.3) is 10.9 Å². The average molecular weight is 409 g/mol. The number of halogens is 3. The molecule has 0 bridgehead atoms. The number of para-hydroxylation sites is 1. The maximum Gasteiger partial charge on any atom is 0.352 e. The van der Waals surface area contributed by atoms with Gasteiger partial charge in [-0.25, -0.2) is 13.6 Å². The number of carbonyl (C=O) groups is 2. The number of hydrogen-bond donors (Lipinski definition) is 3. The fourth-order valence-electron chi connectivity index (χ4n) is 2.56. The van der Waals surface area contributed by atoms with Gasteiger partial charge in [0.15, 0.2) is 0 Å². The molecule has 8 heteroatoms. The van der Waals surface area contributed by atoms with Gasteiger partial charge in [-0.2, -0.15) is 0 Å². The third kappa shape index (κ3) is 3.39. The monoisotopic (exact) mass is 408 g/mol. The van der Waals surface area contributed by atoms with Gasteiger partial charge in [0.2, 0.25) is 5.91 Å². The largest absolute Gasteiger partial charge is 0.477 e. The number of anilines is 1. The number of hydrogen-bond acceptors (Lipinski definition) is 2. The molecule has 0 saturated heterocycles. The molecular formula is C17H11BrF2N2O3. The first-order valence-electron chi connectivity index (χ1n) is 7.14. The molecule has 3 N–H and O–H groups in total. The fourth-order valence-corrected chi connectivity index (χ4v) is 2.79. The lowest BCUT2D eigenvalue weighted by molar-refractivity contribution is -0.115. The summed E-state index contributed by atoms with van der Waals surface area (Å²) in [6.07, 6.45) is -0.259. The van der Waals surface area contributed by atoms with Gasteiger partial charge in [0, 0.05) is 22.2 Å². The summed E-state index contributed by atoms with van der Waals surface area (Å²) in [5.74, 6) is -3.49. The Balaban J connectivity index is 1.90. The highest BCUT2D eigenvalue weighted by Gasteiger charge is 2.19. The molecule has 128 valence electrons. The minimum absolute atomic E-state index is 0.0556. The molecule has 0 aliphatic rings. The number of carboxylic acids is 1. The van der Waals surface area contributed by atoms with Gasteiger partial charge in [-0.05, 0) is 34.1 Å². The van der Waals surface area contributed by atoms with Crippen LogP contribution in [0.1, 0.15) is 16.1 Å². The van der Waals surface area contributed by atoms with E-state index in [1.54, 1.807) is 24.3 Å². The fraction of sp³-hybridized carbons (Fsp3) is 0.0588. The Morgan fingerprint density at radius 2 is 1.80 bits per heavy atom. The number of amides is 1. The summed E-state index contributed by atoms with van der Waals surface area (Å²) < 4.78 is 26.7. The molecule has 3 rings (SSSR count). The number of aromatic carboxylic acids is 1. The van der Waals surface area contributed by atoms with Crippen LogP contribution in [-0.4, -0.2) is 22.0 Å². The summed E-state index contributed by atoms with van der Waals surface area (Å²) in [4.78, 5) is 26.4. The van der Waals surface area contributed by atoms with Crippen molar-refractivity contribution in [1.82, 2.24) is 4.98 Å². The predicted octanol–water partition coefficient (Wildman–Crippen LogP) is 4.09. The minimum atomic E-state index is -1.19. The molecule has 0 spiro atoms. The number of nitrogens with one attached hydrogen (secondary N) is 2. The molecule has 0 aliphatic heterocycles. The molecule has 5 nitrogen and oxygen atoms in total. The van der Waals surface area contributed by atoms with Gasteiger partial charge in [-0.15, -0.1) is 0 Å². The van der Waals surface area contributed by atoms with Crippen LogP contribution in [0, 0.1) is 11.6 Å². The van der Waals surface area contributed by atoms with Crippen LogP contribution in [0.4, 0.5) is 14.5 Å². The third-order valence-corrected chi connectivity index (χ3v) is 4.39. The molecule has 3 aromatic rings. The molecule has 0 aliphatic carbocycles. The quantitative estimate of drug-likeness (QED) is 0.568. The van der Waals surface area contributed by atoms with Crippen LogP contribution in [0.15, 0.2) is 40.9 Å². The second-order valence-electron chi connectivity index (χ2n) is 5.31. The number of carbonyl (C=O) groups excluding carboxylic acids is 1. The van der Waals surface area contributed by atoms with Crippen molar-refractivity contribution < 1.29 is 23.5 Å². The number of carboxylic acid groups (broad SMARTS) is 1. The highest BCUT2D eigenvalue weighted by atomic mass is 79.9. The minimum Gasteiger partial charge on any atom is -0.477 e. The molecule has 0 unspecified atom stereocenters. The van der Waals surface area contributed by atoms with Crippen LogP contribution in [0.3, 0.4) is 0 Å². The first-order chi connectivity index (χ1) is 11.9. The molecule has 2 aromatic carbocycles. The van der Waals surface area contributed by atoms with E-state index in [4.69, 9.17) is 0 Å². The van der Waals surface area contributed by atoms with E-state index in [2.05, 4.69) is 26.2 Å². The molecule has 1 heterocycles. The van der Waals surface area contributed by atoms with Crippen LogP contribution < -0.4 is 5.32 Å². The highest BCUT2D eigenvalue weighted by Crippen LogP contribution is 2.25. The first-order valence-corrected chi connectivity index (χ1v) is 7.93. The Morgan fingerprint density at radius 1 is 1.16 bits per heavy atom. The lowest BCUT2D eigenvalue weighted by Crippen LogP contribution is -2.16. The number of aromatic amines is 1. The van der Waals surface area contributed by atoms with E-state index >= 15 is 0 Å². The number of aromatic nitrogens is 1. The van der Waals surface area contributed by atoms with Crippen molar-refractivity contribution in [2.45, 2.75) is 6.42 Å². The summed E-state index contributed by atoms with van der Waals surface area (Å²) in [5, 5.41) is 12.3. The molecule has 0 fully saturated rings. The second-order valence-corrected chi connectivity index (χ2v) is 6.10. The Morgan fingerprint density at radius 3 is 2.44 bits per heavy atom. The van der Waals surface area contributed by atoms with Crippen molar-refractivity contribution in [3.63, 3.8) is 0 Å². The zero-order chi connectivity index (χ0) is 18.1. The van der Waals surface area contributed by atoms with E-state index in [0.29, 0.717) is 16.5 Å². The summed E-state index contributed by atoms with van der Waals surface area (Å²) in [6, 6.07) is 8.80. The van der Waals surface area contributed by atoms with E-state index in [1.165, 1.54) is 0 Å². The average Bonchev–Trinajstić information content (AvgIpc) is 2.91. The lowest BCUT2D eigenvalue weighted by atomic mass is 10.1. The third-order valence-electron chi connectivity index (χ3n) is 3.63. The molecule has 0 saturated carbocycles. The number of H-pyrrole nitrogens is 1. The van der Waals surface area contributed by atoms with Crippen molar-refractivity contribution >= 4 is 44.4 Å². The van der Waals surface area contributed by atoms with Gasteiger partial charge < -0.3 is 15.4 Å². The van der Waals surface area contributed by atoms with Crippen molar-refractivity contribution in [2.24, 2.45) is 0 Å². The molecule has 0 radical (unpaired) electrons. The molecule has 1 amide bonds. The van der Waals surface area contributed by atoms with Crippen LogP contribution in [0.2, 0.25) is 0 Å². The Bertz CT molecular complexity index is 978. The van der Waals surface area contributed by atoms with Crippen molar-refractivity contribution in [3.05, 3.63) is 63.8 Å². The van der Waals surface area contributed by atoms with E-state index in [9.17, 15) is 23.5 Å². The number of rotatable bonds is 4. The Hall–Kier alpha value is -2.74. The zero-order valence-corrected chi connectivity index (χ0v) is 14.2. The van der Waals surface area contributed by atoms with Crippen LogP contribution >= 0.6 is 15.9 Å². The molecular weight excluding hydrogens is 398 g/mol. The molecule has 25 heavy (non-hydrogen) atoms. The Kier molecular flexibility index (Phi) is 4.54. The van der Waals surface area contributed by atoms with Crippen LogP contribution in [-0.2, 0) is 11.2 Å². The van der Waals surface area contributed by atoms with E-state index < -0.39 is 23.5 Å². The maximum atomic E-state index is 13.5. The number of benzene rings is 2.